The zero-order valence-corrected chi connectivity index (χ0v) is 7.29. The van der Waals surface area contributed by atoms with Crippen molar-refractivity contribution < 1.29 is 0 Å². The lowest BCUT2D eigenvalue weighted by Gasteiger charge is -2.46. The van der Waals surface area contributed by atoms with Gasteiger partial charge in [-0.1, -0.05) is 6.42 Å². The van der Waals surface area contributed by atoms with Crippen LogP contribution in [0.15, 0.2) is 0 Å². The first-order valence-electron chi connectivity index (χ1n) is 4.75. The molecule has 0 aliphatic carbocycles. The Morgan fingerprint density at radius 1 is 1.18 bits per heavy atom. The van der Waals surface area contributed by atoms with Crippen LogP contribution < -0.4 is 5.73 Å². The predicted molar refractivity (Wildman–Crippen MR) is 46.4 cm³/mol. The van der Waals surface area contributed by atoms with Crippen molar-refractivity contribution in [2.75, 3.05) is 7.05 Å². The van der Waals surface area contributed by atoms with E-state index in [4.69, 9.17) is 5.73 Å². The monoisotopic (exact) mass is 154 g/mol. The summed E-state index contributed by atoms with van der Waals surface area (Å²) >= 11 is 0. The Kier molecular flexibility index (Phi) is 1.90. The zero-order chi connectivity index (χ0) is 7.84. The largest absolute Gasteiger partial charge is 0.328 e. The third-order valence-corrected chi connectivity index (χ3v) is 3.38. The van der Waals surface area contributed by atoms with Crippen molar-refractivity contribution in [2.45, 2.75) is 50.2 Å². The lowest BCUT2D eigenvalue weighted by Crippen LogP contribution is -2.53. The number of fused-ring (bicyclic) bond motifs is 2. The summed E-state index contributed by atoms with van der Waals surface area (Å²) in [7, 11) is 2.26. The third kappa shape index (κ3) is 1.30. The SMILES string of the molecule is CN1[C@H]2CCC[C@H]1CC(N)C2. The Hall–Kier alpha value is -0.0800. The first-order valence-corrected chi connectivity index (χ1v) is 4.75. The molecule has 2 fully saturated rings. The molecule has 0 spiro atoms. The molecule has 0 radical (unpaired) electrons. The summed E-state index contributed by atoms with van der Waals surface area (Å²) in [6, 6.07) is 2.09. The smallest absolute Gasteiger partial charge is 0.0110 e. The standard InChI is InChI=1S/C9H18N2/c1-11-8-3-2-4-9(11)6-7(10)5-8/h7-9H,2-6,10H2,1H3/t8-,9-/m0/s1. The van der Waals surface area contributed by atoms with Crippen molar-refractivity contribution in [2.24, 2.45) is 5.73 Å². The van der Waals surface area contributed by atoms with Gasteiger partial charge in [-0.15, -0.1) is 0 Å². The Bertz CT molecular complexity index is 132. The molecule has 0 unspecified atom stereocenters. The first kappa shape index (κ1) is 7.56. The van der Waals surface area contributed by atoms with E-state index in [-0.39, 0.29) is 0 Å². The maximum Gasteiger partial charge on any atom is 0.0110 e. The molecule has 2 rings (SSSR count). The molecule has 0 amide bonds. The molecule has 0 saturated carbocycles. The number of nitrogens with two attached hydrogens (primary N) is 1. The van der Waals surface area contributed by atoms with Crippen molar-refractivity contribution in [1.29, 1.82) is 0 Å². The number of hydrogen-bond donors (Lipinski definition) is 1. The van der Waals surface area contributed by atoms with Gasteiger partial charge in [0, 0.05) is 18.1 Å². The highest BCUT2D eigenvalue weighted by Crippen LogP contribution is 2.31. The molecule has 0 aromatic carbocycles. The van der Waals surface area contributed by atoms with Gasteiger partial charge in [0.05, 0.1) is 0 Å². The van der Waals surface area contributed by atoms with E-state index in [1.807, 2.05) is 0 Å². The minimum atomic E-state index is 0.487. The summed E-state index contributed by atoms with van der Waals surface area (Å²) in [5, 5.41) is 0. The van der Waals surface area contributed by atoms with Crippen LogP contribution in [0.3, 0.4) is 0 Å². The summed E-state index contributed by atoms with van der Waals surface area (Å²) in [5.41, 5.74) is 5.96. The van der Waals surface area contributed by atoms with E-state index < -0.39 is 0 Å². The molecule has 2 aliphatic heterocycles. The van der Waals surface area contributed by atoms with Crippen molar-refractivity contribution in [1.82, 2.24) is 4.90 Å². The van der Waals surface area contributed by atoms with Gasteiger partial charge >= 0.3 is 0 Å². The number of hydrogen-bond acceptors (Lipinski definition) is 2. The second-order valence-corrected chi connectivity index (χ2v) is 4.14. The van der Waals surface area contributed by atoms with Crippen LogP contribution in [0, 0.1) is 0 Å². The summed E-state index contributed by atoms with van der Waals surface area (Å²) in [6.07, 6.45) is 6.63. The molecule has 2 heteroatoms. The maximum absolute atomic E-state index is 5.96. The van der Waals surface area contributed by atoms with Gasteiger partial charge in [0.2, 0.25) is 0 Å². The van der Waals surface area contributed by atoms with Crippen molar-refractivity contribution in [3.63, 3.8) is 0 Å². The van der Waals surface area contributed by atoms with Gasteiger partial charge < -0.3 is 10.6 Å². The second kappa shape index (κ2) is 2.76. The van der Waals surface area contributed by atoms with Crippen molar-refractivity contribution in [3.05, 3.63) is 0 Å². The lowest BCUT2D eigenvalue weighted by molar-refractivity contribution is 0.0570. The van der Waals surface area contributed by atoms with Crippen LogP contribution in [0.2, 0.25) is 0 Å². The highest BCUT2D eigenvalue weighted by Gasteiger charge is 2.34. The van der Waals surface area contributed by atoms with E-state index in [1.54, 1.807) is 0 Å². The van der Waals surface area contributed by atoms with Gasteiger partial charge in [-0.3, -0.25) is 0 Å². The lowest BCUT2D eigenvalue weighted by atomic mass is 9.83. The van der Waals surface area contributed by atoms with Gasteiger partial charge in [0.15, 0.2) is 0 Å². The molecule has 2 N–H and O–H groups in total. The van der Waals surface area contributed by atoms with Crippen molar-refractivity contribution >= 4 is 0 Å². The molecule has 0 aromatic rings. The van der Waals surface area contributed by atoms with Gasteiger partial charge in [0.25, 0.3) is 0 Å². The minimum Gasteiger partial charge on any atom is -0.328 e. The number of rotatable bonds is 0. The highest BCUT2D eigenvalue weighted by atomic mass is 15.2. The maximum atomic E-state index is 5.96. The Labute approximate surface area is 68.7 Å². The predicted octanol–water partition coefficient (Wildman–Crippen LogP) is 0.960. The van der Waals surface area contributed by atoms with Gasteiger partial charge in [-0.25, -0.2) is 0 Å². The van der Waals surface area contributed by atoms with E-state index in [1.165, 1.54) is 32.1 Å². The average molecular weight is 154 g/mol. The molecule has 2 atom stereocenters. The van der Waals surface area contributed by atoms with Gasteiger partial charge in [-0.05, 0) is 32.7 Å². The van der Waals surface area contributed by atoms with E-state index in [0.29, 0.717) is 6.04 Å². The van der Waals surface area contributed by atoms with Crippen LogP contribution in [-0.4, -0.2) is 30.1 Å². The first-order chi connectivity index (χ1) is 5.27. The van der Waals surface area contributed by atoms with Crippen LogP contribution in [0.25, 0.3) is 0 Å². The molecule has 64 valence electrons. The molecule has 2 aliphatic rings. The minimum absolute atomic E-state index is 0.487. The van der Waals surface area contributed by atoms with Gasteiger partial charge in [0.1, 0.15) is 0 Å². The molecule has 0 aromatic heterocycles. The van der Waals surface area contributed by atoms with Crippen LogP contribution in [0.4, 0.5) is 0 Å². The van der Waals surface area contributed by atoms with E-state index >= 15 is 0 Å². The van der Waals surface area contributed by atoms with E-state index in [9.17, 15) is 0 Å². The molecular weight excluding hydrogens is 136 g/mol. The van der Waals surface area contributed by atoms with Crippen LogP contribution in [0.5, 0.6) is 0 Å². The highest BCUT2D eigenvalue weighted by molar-refractivity contribution is 4.91. The molecule has 2 saturated heterocycles. The van der Waals surface area contributed by atoms with Crippen LogP contribution in [-0.2, 0) is 0 Å². The molecule has 2 bridgehead atoms. The molecular formula is C9H18N2. The summed E-state index contributed by atoms with van der Waals surface area (Å²) in [4.78, 5) is 2.55. The summed E-state index contributed by atoms with van der Waals surface area (Å²) < 4.78 is 0. The summed E-state index contributed by atoms with van der Waals surface area (Å²) in [5.74, 6) is 0. The van der Waals surface area contributed by atoms with Crippen LogP contribution >= 0.6 is 0 Å². The quantitative estimate of drug-likeness (QED) is 0.563. The fourth-order valence-electron chi connectivity index (χ4n) is 2.66. The van der Waals surface area contributed by atoms with Crippen LogP contribution in [0.1, 0.15) is 32.1 Å². The number of nitrogens with zero attached hydrogens (tertiary/aromatic N) is 1. The fourth-order valence-corrected chi connectivity index (χ4v) is 2.66. The Morgan fingerprint density at radius 3 is 2.27 bits per heavy atom. The topological polar surface area (TPSA) is 29.3 Å². The van der Waals surface area contributed by atoms with E-state index in [2.05, 4.69) is 11.9 Å². The van der Waals surface area contributed by atoms with Crippen molar-refractivity contribution in [3.8, 4) is 0 Å². The Balaban J connectivity index is 2.07. The third-order valence-electron chi connectivity index (χ3n) is 3.38. The van der Waals surface area contributed by atoms with E-state index in [0.717, 1.165) is 12.1 Å². The summed E-state index contributed by atoms with van der Waals surface area (Å²) in [6.45, 7) is 0. The zero-order valence-electron chi connectivity index (χ0n) is 7.29. The molecule has 2 nitrogen and oxygen atoms in total. The Morgan fingerprint density at radius 2 is 1.73 bits per heavy atom. The second-order valence-electron chi connectivity index (χ2n) is 4.14. The average Bonchev–Trinajstić information content (AvgIpc) is 1.92. The van der Waals surface area contributed by atoms with Gasteiger partial charge in [-0.2, -0.15) is 0 Å². The normalized spacial score (nSPS) is 45.8. The fraction of sp³-hybridized carbons (Fsp3) is 1.00. The number of piperidine rings is 2. The molecule has 11 heavy (non-hydrogen) atoms. The molecule has 2 heterocycles.